The van der Waals surface area contributed by atoms with E-state index in [4.69, 9.17) is 4.74 Å². The van der Waals surface area contributed by atoms with Crippen molar-refractivity contribution in [3.63, 3.8) is 0 Å². The van der Waals surface area contributed by atoms with Crippen molar-refractivity contribution in [1.82, 2.24) is 5.32 Å². The molecule has 2 aromatic rings. The van der Waals surface area contributed by atoms with Gasteiger partial charge in [0, 0.05) is 29.2 Å². The zero-order valence-corrected chi connectivity index (χ0v) is 15.8. The maximum absolute atomic E-state index is 12.8. The number of carbonyl (C=O) groups excluding carboxylic acids is 1. The van der Waals surface area contributed by atoms with Crippen molar-refractivity contribution in [2.24, 2.45) is 0 Å². The Bertz CT molecular complexity index is 874. The van der Waals surface area contributed by atoms with E-state index < -0.39 is 4.92 Å². The smallest absolute Gasteiger partial charge is 0.273 e. The van der Waals surface area contributed by atoms with Gasteiger partial charge >= 0.3 is 0 Å². The van der Waals surface area contributed by atoms with Gasteiger partial charge in [-0.1, -0.05) is 38.1 Å². The first-order chi connectivity index (χ1) is 12.9. The lowest BCUT2D eigenvalue weighted by Gasteiger charge is -2.41. The normalized spacial score (nSPS) is 17.5. The zero-order chi connectivity index (χ0) is 19.6. The number of nitrogens with zero attached hydrogens (tertiary/aromatic N) is 1. The quantitative estimate of drug-likeness (QED) is 0.612. The standard InChI is InChI=1S/C21H24N2O4/c1-4-21(5-2)13-17(16-8-6-7-9-19(16)27-21)22-20(24)15-11-10-14(3)18(12-15)23(25)26/h6-12,17H,4-5,13H2,1-3H3,(H,22,24). The molecule has 0 radical (unpaired) electrons. The maximum Gasteiger partial charge on any atom is 0.273 e. The van der Waals surface area contributed by atoms with Crippen molar-refractivity contribution < 1.29 is 14.5 Å². The monoisotopic (exact) mass is 368 g/mol. The summed E-state index contributed by atoms with van der Waals surface area (Å²) in [4.78, 5) is 23.5. The molecule has 1 heterocycles. The molecule has 0 aliphatic carbocycles. The second kappa shape index (κ2) is 7.39. The van der Waals surface area contributed by atoms with Crippen molar-refractivity contribution in [1.29, 1.82) is 0 Å². The lowest BCUT2D eigenvalue weighted by Crippen LogP contribution is -2.44. The van der Waals surface area contributed by atoms with Gasteiger partial charge in [-0.2, -0.15) is 0 Å². The Morgan fingerprint density at radius 1 is 1.26 bits per heavy atom. The van der Waals surface area contributed by atoms with Crippen LogP contribution in [0.5, 0.6) is 5.75 Å². The highest BCUT2D eigenvalue weighted by molar-refractivity contribution is 5.95. The molecular weight excluding hydrogens is 344 g/mol. The van der Waals surface area contributed by atoms with E-state index in [0.717, 1.165) is 24.2 Å². The van der Waals surface area contributed by atoms with Crippen LogP contribution in [-0.2, 0) is 0 Å². The van der Waals surface area contributed by atoms with Gasteiger partial charge in [0.25, 0.3) is 11.6 Å². The lowest BCUT2D eigenvalue weighted by atomic mass is 9.83. The van der Waals surface area contributed by atoms with E-state index in [1.165, 1.54) is 6.07 Å². The van der Waals surface area contributed by atoms with E-state index in [2.05, 4.69) is 19.2 Å². The molecule has 1 atom stereocenters. The minimum absolute atomic E-state index is 0.0495. The fourth-order valence-corrected chi connectivity index (χ4v) is 3.62. The van der Waals surface area contributed by atoms with Gasteiger partial charge in [-0.25, -0.2) is 0 Å². The van der Waals surface area contributed by atoms with Crippen LogP contribution in [-0.4, -0.2) is 16.4 Å². The van der Waals surface area contributed by atoms with Crippen molar-refractivity contribution in [2.45, 2.75) is 51.7 Å². The van der Waals surface area contributed by atoms with E-state index in [1.807, 2.05) is 24.3 Å². The maximum atomic E-state index is 12.8. The van der Waals surface area contributed by atoms with E-state index in [9.17, 15) is 14.9 Å². The van der Waals surface area contributed by atoms with Crippen LogP contribution in [0.4, 0.5) is 5.69 Å². The predicted molar refractivity (Wildman–Crippen MR) is 103 cm³/mol. The summed E-state index contributed by atoms with van der Waals surface area (Å²) in [6, 6.07) is 12.1. The first-order valence-corrected chi connectivity index (χ1v) is 9.23. The first-order valence-electron chi connectivity index (χ1n) is 9.23. The van der Waals surface area contributed by atoms with Gasteiger partial charge in [0.05, 0.1) is 11.0 Å². The lowest BCUT2D eigenvalue weighted by molar-refractivity contribution is -0.385. The predicted octanol–water partition coefficient (Wildman–Crippen LogP) is 4.72. The molecule has 6 nitrogen and oxygen atoms in total. The van der Waals surface area contributed by atoms with E-state index in [1.54, 1.807) is 19.1 Å². The zero-order valence-electron chi connectivity index (χ0n) is 15.8. The summed E-state index contributed by atoms with van der Waals surface area (Å²) >= 11 is 0. The number of ether oxygens (including phenoxy) is 1. The summed E-state index contributed by atoms with van der Waals surface area (Å²) in [5.74, 6) is 0.466. The largest absolute Gasteiger partial charge is 0.487 e. The van der Waals surface area contributed by atoms with Crippen LogP contribution < -0.4 is 10.1 Å². The highest BCUT2D eigenvalue weighted by Gasteiger charge is 2.39. The van der Waals surface area contributed by atoms with Gasteiger partial charge in [0.2, 0.25) is 0 Å². The van der Waals surface area contributed by atoms with Crippen LogP contribution in [0, 0.1) is 17.0 Å². The van der Waals surface area contributed by atoms with Crippen LogP contribution in [0.15, 0.2) is 42.5 Å². The Hall–Kier alpha value is -2.89. The Labute approximate surface area is 158 Å². The molecular formula is C21H24N2O4. The summed E-state index contributed by atoms with van der Waals surface area (Å²) in [7, 11) is 0. The van der Waals surface area contributed by atoms with Crippen LogP contribution in [0.3, 0.4) is 0 Å². The van der Waals surface area contributed by atoms with Crippen LogP contribution in [0.2, 0.25) is 0 Å². The van der Waals surface area contributed by atoms with Crippen LogP contribution in [0.25, 0.3) is 0 Å². The Morgan fingerprint density at radius 2 is 1.96 bits per heavy atom. The van der Waals surface area contributed by atoms with Crippen molar-refractivity contribution in [3.05, 3.63) is 69.3 Å². The molecule has 0 fully saturated rings. The molecule has 0 saturated heterocycles. The third-order valence-electron chi connectivity index (χ3n) is 5.46. The summed E-state index contributed by atoms with van der Waals surface area (Å²) in [5.41, 5.74) is 1.38. The molecule has 1 amide bonds. The SMILES string of the molecule is CCC1(CC)CC(NC(=O)c2ccc(C)c([N+](=O)[O-])c2)c2ccccc2O1. The Kier molecular flexibility index (Phi) is 5.17. The fraction of sp³-hybridized carbons (Fsp3) is 0.381. The molecule has 0 saturated carbocycles. The third kappa shape index (κ3) is 3.65. The number of para-hydroxylation sites is 1. The molecule has 1 aliphatic heterocycles. The average Bonchev–Trinajstić information content (AvgIpc) is 2.67. The second-order valence-corrected chi connectivity index (χ2v) is 7.02. The summed E-state index contributed by atoms with van der Waals surface area (Å²) in [6.45, 7) is 5.82. The highest BCUT2D eigenvalue weighted by atomic mass is 16.6. The summed E-state index contributed by atoms with van der Waals surface area (Å²) < 4.78 is 6.26. The molecule has 0 spiro atoms. The second-order valence-electron chi connectivity index (χ2n) is 7.02. The minimum Gasteiger partial charge on any atom is -0.487 e. The van der Waals surface area contributed by atoms with E-state index in [0.29, 0.717) is 12.0 Å². The molecule has 0 aromatic heterocycles. The molecule has 142 valence electrons. The number of hydrogen-bond donors (Lipinski definition) is 1. The van der Waals surface area contributed by atoms with Gasteiger partial charge in [0.1, 0.15) is 11.4 Å². The minimum atomic E-state index is -0.463. The van der Waals surface area contributed by atoms with Gasteiger partial charge in [-0.05, 0) is 31.9 Å². The summed E-state index contributed by atoms with van der Waals surface area (Å²) in [5, 5.41) is 14.2. The van der Waals surface area contributed by atoms with Crippen molar-refractivity contribution in [3.8, 4) is 5.75 Å². The Balaban J connectivity index is 1.91. The third-order valence-corrected chi connectivity index (χ3v) is 5.46. The molecule has 1 unspecified atom stereocenters. The number of nitro benzene ring substituents is 1. The number of hydrogen-bond acceptors (Lipinski definition) is 4. The molecule has 1 N–H and O–H groups in total. The van der Waals surface area contributed by atoms with E-state index >= 15 is 0 Å². The number of nitro groups is 1. The first kappa shape index (κ1) is 18.9. The highest BCUT2D eigenvalue weighted by Crippen LogP contribution is 2.42. The van der Waals surface area contributed by atoms with Gasteiger partial charge < -0.3 is 10.1 Å². The molecule has 6 heteroatoms. The molecule has 0 bridgehead atoms. The number of carbonyl (C=O) groups is 1. The number of aryl methyl sites for hydroxylation is 1. The number of benzene rings is 2. The average molecular weight is 368 g/mol. The van der Waals surface area contributed by atoms with Gasteiger partial charge in [-0.3, -0.25) is 14.9 Å². The molecule has 3 rings (SSSR count). The van der Waals surface area contributed by atoms with Crippen LogP contribution >= 0.6 is 0 Å². The number of nitrogens with one attached hydrogen (secondary N) is 1. The number of amides is 1. The number of rotatable bonds is 5. The molecule has 27 heavy (non-hydrogen) atoms. The topological polar surface area (TPSA) is 81.5 Å². The van der Waals surface area contributed by atoms with Gasteiger partial charge in [-0.15, -0.1) is 0 Å². The number of fused-ring (bicyclic) bond motifs is 1. The van der Waals surface area contributed by atoms with Crippen LogP contribution in [0.1, 0.15) is 60.6 Å². The fourth-order valence-electron chi connectivity index (χ4n) is 3.62. The molecule has 1 aliphatic rings. The molecule has 2 aromatic carbocycles. The summed E-state index contributed by atoms with van der Waals surface area (Å²) in [6.07, 6.45) is 2.33. The van der Waals surface area contributed by atoms with E-state index in [-0.39, 0.29) is 28.8 Å². The Morgan fingerprint density at radius 3 is 2.63 bits per heavy atom. The van der Waals surface area contributed by atoms with Crippen molar-refractivity contribution >= 4 is 11.6 Å². The van der Waals surface area contributed by atoms with Crippen molar-refractivity contribution in [2.75, 3.05) is 0 Å². The van der Waals surface area contributed by atoms with Gasteiger partial charge in [0.15, 0.2) is 0 Å².